The van der Waals surface area contributed by atoms with Crippen molar-refractivity contribution >= 4 is 17.3 Å². The normalized spacial score (nSPS) is 22.6. The van der Waals surface area contributed by atoms with E-state index in [9.17, 15) is 28.2 Å². The van der Waals surface area contributed by atoms with E-state index in [1.807, 2.05) is 11.8 Å². The summed E-state index contributed by atoms with van der Waals surface area (Å²) in [4.78, 5) is 23.0. The molecule has 0 bridgehead atoms. The summed E-state index contributed by atoms with van der Waals surface area (Å²) in [5.41, 5.74) is 3.69. The average Bonchev–Trinajstić information content (AvgIpc) is 2.86. The van der Waals surface area contributed by atoms with Crippen molar-refractivity contribution in [3.05, 3.63) is 71.4 Å². The van der Waals surface area contributed by atoms with Gasteiger partial charge in [-0.25, -0.2) is 18.2 Å². The van der Waals surface area contributed by atoms with E-state index < -0.39 is 52.4 Å². The second-order valence-corrected chi connectivity index (χ2v) is 9.75. The molecule has 2 fully saturated rings. The lowest BCUT2D eigenvalue weighted by Gasteiger charge is -2.40. The van der Waals surface area contributed by atoms with E-state index in [1.165, 1.54) is 6.20 Å². The third kappa shape index (κ3) is 4.71. The highest BCUT2D eigenvalue weighted by Gasteiger charge is 2.39. The Kier molecular flexibility index (Phi) is 6.82. The molecule has 2 aliphatic rings. The van der Waals surface area contributed by atoms with E-state index in [4.69, 9.17) is 10.5 Å². The Bertz CT molecular complexity index is 1350. The Morgan fingerprint density at radius 3 is 2.50 bits per heavy atom. The smallest absolute Gasteiger partial charge is 0.274 e. The summed E-state index contributed by atoms with van der Waals surface area (Å²) < 4.78 is 49.5. The van der Waals surface area contributed by atoms with Crippen LogP contribution >= 0.6 is 0 Å². The lowest BCUT2D eigenvalue weighted by molar-refractivity contribution is -0.184. The van der Waals surface area contributed by atoms with Gasteiger partial charge in [-0.05, 0) is 35.9 Å². The number of carbonyl (C=O) groups is 1. The number of pyridine rings is 2. The van der Waals surface area contributed by atoms with Gasteiger partial charge in [-0.3, -0.25) is 9.78 Å². The van der Waals surface area contributed by atoms with Crippen LogP contribution in [-0.2, 0) is 10.3 Å². The molecule has 5 N–H and O–H groups in total. The van der Waals surface area contributed by atoms with Gasteiger partial charge in [0.2, 0.25) is 0 Å². The first-order valence-electron chi connectivity index (χ1n) is 12.0. The summed E-state index contributed by atoms with van der Waals surface area (Å²) in [6, 6.07) is 4.98. The molecule has 0 spiro atoms. The van der Waals surface area contributed by atoms with Crippen LogP contribution in [0.2, 0.25) is 0 Å². The Morgan fingerprint density at radius 1 is 1.16 bits per heavy atom. The van der Waals surface area contributed by atoms with E-state index in [-0.39, 0.29) is 30.4 Å². The number of rotatable bonds is 5. The number of aliphatic hydroxyl groups excluding tert-OH is 1. The fourth-order valence-electron chi connectivity index (χ4n) is 4.73. The van der Waals surface area contributed by atoms with Gasteiger partial charge in [-0.2, -0.15) is 0 Å². The van der Waals surface area contributed by atoms with E-state index in [2.05, 4.69) is 15.3 Å². The number of hydrogen-bond donors (Lipinski definition) is 4. The van der Waals surface area contributed by atoms with Crippen LogP contribution in [0.3, 0.4) is 0 Å². The molecule has 2 saturated heterocycles. The van der Waals surface area contributed by atoms with Crippen LogP contribution in [0.15, 0.2) is 42.7 Å². The maximum absolute atomic E-state index is 15.0. The van der Waals surface area contributed by atoms with Gasteiger partial charge in [0.1, 0.15) is 34.4 Å². The molecule has 2 aliphatic heterocycles. The predicted molar refractivity (Wildman–Crippen MR) is 132 cm³/mol. The second kappa shape index (κ2) is 9.95. The molecule has 0 aliphatic carbocycles. The quantitative estimate of drug-likeness (QED) is 0.395. The summed E-state index contributed by atoms with van der Waals surface area (Å²) in [5, 5.41) is 23.2. The predicted octanol–water partition coefficient (Wildman–Crippen LogP) is 2.18. The van der Waals surface area contributed by atoms with Crippen LogP contribution in [0.4, 0.5) is 24.5 Å². The van der Waals surface area contributed by atoms with Gasteiger partial charge in [0.05, 0.1) is 42.5 Å². The molecule has 4 heterocycles. The molecule has 0 radical (unpaired) electrons. The first kappa shape index (κ1) is 26.0. The van der Waals surface area contributed by atoms with Crippen LogP contribution in [0.25, 0.3) is 11.3 Å². The van der Waals surface area contributed by atoms with E-state index in [0.717, 1.165) is 24.3 Å². The van der Waals surface area contributed by atoms with Gasteiger partial charge in [-0.15, -0.1) is 0 Å². The highest BCUT2D eigenvalue weighted by atomic mass is 19.1. The van der Waals surface area contributed by atoms with Crippen LogP contribution in [-0.4, -0.2) is 64.5 Å². The Hall–Kier alpha value is -3.58. The van der Waals surface area contributed by atoms with Crippen molar-refractivity contribution in [3.63, 3.8) is 0 Å². The minimum atomic E-state index is -1.52. The number of halogens is 3. The minimum absolute atomic E-state index is 0.0415. The lowest BCUT2D eigenvalue weighted by atomic mass is 9.90. The van der Waals surface area contributed by atoms with Crippen LogP contribution in [0.1, 0.15) is 23.0 Å². The highest BCUT2D eigenvalue weighted by molar-refractivity contribution is 6.04. The number of nitrogens with zero attached hydrogens (tertiary/aromatic N) is 3. The summed E-state index contributed by atoms with van der Waals surface area (Å²) in [6.07, 6.45) is 2.31. The van der Waals surface area contributed by atoms with E-state index in [1.54, 1.807) is 12.3 Å². The molecular formula is C26H26F3N5O4. The zero-order valence-electron chi connectivity index (χ0n) is 20.4. The summed E-state index contributed by atoms with van der Waals surface area (Å²) in [7, 11) is 0. The number of nitrogens with two attached hydrogens (primary N) is 1. The second-order valence-electron chi connectivity index (χ2n) is 9.75. The first-order valence-corrected chi connectivity index (χ1v) is 12.0. The first-order chi connectivity index (χ1) is 18.1. The Morgan fingerprint density at radius 2 is 1.87 bits per heavy atom. The van der Waals surface area contributed by atoms with Gasteiger partial charge in [0.25, 0.3) is 5.91 Å². The number of nitrogens with one attached hydrogen (secondary N) is 1. The average molecular weight is 530 g/mol. The molecule has 5 rings (SSSR count). The fourth-order valence-corrected chi connectivity index (χ4v) is 4.73. The van der Waals surface area contributed by atoms with Crippen molar-refractivity contribution in [1.82, 2.24) is 9.97 Å². The van der Waals surface area contributed by atoms with Gasteiger partial charge >= 0.3 is 0 Å². The monoisotopic (exact) mass is 529 g/mol. The summed E-state index contributed by atoms with van der Waals surface area (Å²) in [5.74, 6) is -4.19. The zero-order valence-corrected chi connectivity index (χ0v) is 20.4. The molecule has 38 heavy (non-hydrogen) atoms. The van der Waals surface area contributed by atoms with Gasteiger partial charge in [-0.1, -0.05) is 6.92 Å². The van der Waals surface area contributed by atoms with Crippen molar-refractivity contribution in [2.24, 2.45) is 11.7 Å². The lowest BCUT2D eigenvalue weighted by Crippen LogP contribution is -2.55. The van der Waals surface area contributed by atoms with Gasteiger partial charge < -0.3 is 30.9 Å². The Balaban J connectivity index is 1.43. The fraction of sp³-hybridized carbons (Fsp3) is 0.346. The number of benzene rings is 1. The van der Waals surface area contributed by atoms with Crippen LogP contribution in [0.5, 0.6) is 0 Å². The summed E-state index contributed by atoms with van der Waals surface area (Å²) >= 11 is 0. The van der Waals surface area contributed by atoms with E-state index in [0.29, 0.717) is 24.5 Å². The van der Waals surface area contributed by atoms with Crippen molar-refractivity contribution in [2.75, 3.05) is 36.5 Å². The maximum Gasteiger partial charge on any atom is 0.274 e. The van der Waals surface area contributed by atoms with Crippen molar-refractivity contribution in [1.29, 1.82) is 0 Å². The molecule has 3 atom stereocenters. The number of anilines is 2. The summed E-state index contributed by atoms with van der Waals surface area (Å²) in [6.45, 7) is 2.45. The molecule has 1 amide bonds. The zero-order chi connectivity index (χ0) is 27.2. The van der Waals surface area contributed by atoms with Crippen molar-refractivity contribution in [3.8, 4) is 11.3 Å². The topological polar surface area (TPSA) is 134 Å². The van der Waals surface area contributed by atoms with Gasteiger partial charge in [0.15, 0.2) is 0 Å². The van der Waals surface area contributed by atoms with Crippen molar-refractivity contribution in [2.45, 2.75) is 24.7 Å². The molecular weight excluding hydrogens is 503 g/mol. The number of aromatic nitrogens is 2. The SMILES string of the molecule is C[C@H]1CN(c2ccncc2NC(=O)c2ccc(F)c(-c3c(F)cc(C4(O)COC4)cc3F)n2)C[C@@H](N)[C@@H]1O. The number of hydrogen-bond acceptors (Lipinski definition) is 8. The van der Waals surface area contributed by atoms with E-state index >= 15 is 0 Å². The van der Waals surface area contributed by atoms with Crippen molar-refractivity contribution < 1.29 is 32.9 Å². The number of aliphatic hydroxyl groups is 2. The molecule has 2 aromatic heterocycles. The number of carbonyl (C=O) groups excluding carboxylic acids is 1. The number of ether oxygens (including phenoxy) is 1. The van der Waals surface area contributed by atoms with Gasteiger partial charge in [0, 0.05) is 31.2 Å². The maximum atomic E-state index is 15.0. The standard InChI is InChI=1S/C26H26F3N5O4/c1-13-9-34(10-18(30)24(13)35)21-4-5-31-8-20(21)33-25(36)19-3-2-15(27)23(32-19)22-16(28)6-14(7-17(22)29)26(37)11-38-12-26/h2-8,13,18,24,35,37H,9-12,30H2,1H3,(H,33,36)/t13-,18+,24+/m0/s1. The number of piperidine rings is 1. The highest BCUT2D eigenvalue weighted by Crippen LogP contribution is 2.35. The minimum Gasteiger partial charge on any atom is -0.391 e. The molecule has 200 valence electrons. The molecule has 3 aromatic rings. The molecule has 0 saturated carbocycles. The third-order valence-corrected chi connectivity index (χ3v) is 6.92. The van der Waals surface area contributed by atoms with Crippen LogP contribution in [0, 0.1) is 23.4 Å². The number of amides is 1. The molecule has 1 aromatic carbocycles. The molecule has 0 unspecified atom stereocenters. The Labute approximate surface area is 216 Å². The molecule has 9 nitrogen and oxygen atoms in total. The molecule has 12 heteroatoms. The van der Waals surface area contributed by atoms with Crippen LogP contribution < -0.4 is 16.0 Å². The third-order valence-electron chi connectivity index (χ3n) is 6.92. The largest absolute Gasteiger partial charge is 0.391 e.